The summed E-state index contributed by atoms with van der Waals surface area (Å²) in [6.45, 7) is 2.60. The van der Waals surface area contributed by atoms with Gasteiger partial charge in [0.2, 0.25) is 5.91 Å². The lowest BCUT2D eigenvalue weighted by Crippen LogP contribution is -2.38. The Bertz CT molecular complexity index is 1010. The number of amides is 1. The second kappa shape index (κ2) is 8.06. The average Bonchev–Trinajstić information content (AvgIpc) is 3.26. The van der Waals surface area contributed by atoms with Crippen molar-refractivity contribution in [2.75, 3.05) is 31.2 Å². The summed E-state index contributed by atoms with van der Waals surface area (Å²) in [5, 5.41) is 12.5. The Morgan fingerprint density at radius 3 is 2.61 bits per heavy atom. The summed E-state index contributed by atoms with van der Waals surface area (Å²) in [7, 11) is 0. The number of hydrogen-bond donors (Lipinski definition) is 1. The number of para-hydroxylation sites is 2. The average molecular weight is 377 g/mol. The van der Waals surface area contributed by atoms with Crippen LogP contribution in [0.25, 0.3) is 11.0 Å². The maximum Gasteiger partial charge on any atom is 0.244 e. The van der Waals surface area contributed by atoms with Crippen molar-refractivity contribution in [3.8, 4) is 6.07 Å². The molecule has 8 heteroatoms. The van der Waals surface area contributed by atoms with Gasteiger partial charge in [-0.05, 0) is 24.3 Å². The van der Waals surface area contributed by atoms with Crippen LogP contribution in [0.1, 0.15) is 17.4 Å². The van der Waals surface area contributed by atoms with E-state index in [4.69, 9.17) is 14.1 Å². The molecule has 1 atom stereocenters. The first-order valence-corrected chi connectivity index (χ1v) is 9.05. The molecule has 2 aromatic heterocycles. The van der Waals surface area contributed by atoms with Gasteiger partial charge < -0.3 is 19.4 Å². The van der Waals surface area contributed by atoms with Crippen LogP contribution < -0.4 is 10.2 Å². The molecule has 0 radical (unpaired) electrons. The summed E-state index contributed by atoms with van der Waals surface area (Å²) < 4.78 is 10.6. The molecule has 0 spiro atoms. The Morgan fingerprint density at radius 2 is 1.93 bits per heavy atom. The number of anilines is 1. The van der Waals surface area contributed by atoms with Crippen LogP contribution in [-0.2, 0) is 16.1 Å². The summed E-state index contributed by atoms with van der Waals surface area (Å²) in [5.74, 6) is -0.340. The number of carbonyl (C=O) groups is 1. The van der Waals surface area contributed by atoms with Gasteiger partial charge in [-0.2, -0.15) is 5.26 Å². The van der Waals surface area contributed by atoms with Gasteiger partial charge in [0.05, 0.1) is 43.1 Å². The highest BCUT2D eigenvalue weighted by atomic mass is 16.5. The van der Waals surface area contributed by atoms with E-state index in [-0.39, 0.29) is 6.54 Å². The lowest BCUT2D eigenvalue weighted by atomic mass is 10.0. The van der Waals surface area contributed by atoms with Crippen molar-refractivity contribution in [1.29, 1.82) is 5.26 Å². The quantitative estimate of drug-likeness (QED) is 0.725. The van der Waals surface area contributed by atoms with Crippen LogP contribution in [-0.4, -0.2) is 42.2 Å². The Labute approximate surface area is 161 Å². The number of benzene rings is 1. The zero-order chi connectivity index (χ0) is 19.3. The van der Waals surface area contributed by atoms with Crippen LogP contribution in [0.15, 0.2) is 47.1 Å². The Kier molecular flexibility index (Phi) is 5.17. The van der Waals surface area contributed by atoms with Gasteiger partial charge in [-0.25, -0.2) is 9.97 Å². The number of ether oxygens (including phenoxy) is 1. The summed E-state index contributed by atoms with van der Waals surface area (Å²) in [6.07, 6.45) is 1.54. The monoisotopic (exact) mass is 377 g/mol. The molecule has 0 saturated carbocycles. The summed E-state index contributed by atoms with van der Waals surface area (Å²) in [6, 6.07) is 13.0. The van der Waals surface area contributed by atoms with Crippen molar-refractivity contribution in [2.45, 2.75) is 12.5 Å². The van der Waals surface area contributed by atoms with E-state index in [0.717, 1.165) is 5.52 Å². The molecule has 3 aromatic rings. The van der Waals surface area contributed by atoms with Gasteiger partial charge in [-0.3, -0.25) is 4.79 Å². The summed E-state index contributed by atoms with van der Waals surface area (Å²) in [4.78, 5) is 24.1. The van der Waals surface area contributed by atoms with E-state index in [2.05, 4.69) is 16.4 Å². The van der Waals surface area contributed by atoms with Crippen LogP contribution in [0.5, 0.6) is 0 Å². The Morgan fingerprint density at radius 1 is 1.18 bits per heavy atom. The molecular formula is C20H19N5O3. The van der Waals surface area contributed by atoms with Crippen molar-refractivity contribution in [2.24, 2.45) is 0 Å². The zero-order valence-electron chi connectivity index (χ0n) is 15.2. The number of nitrogens with zero attached hydrogens (tertiary/aromatic N) is 4. The fraction of sp³-hybridized carbons (Fsp3) is 0.300. The van der Waals surface area contributed by atoms with Crippen molar-refractivity contribution < 1.29 is 13.9 Å². The van der Waals surface area contributed by atoms with Crippen molar-refractivity contribution in [3.05, 3.63) is 54.1 Å². The van der Waals surface area contributed by atoms with E-state index in [9.17, 15) is 10.1 Å². The SMILES string of the molecule is N#C[C@@H](C(=O)NCc1ccco1)c1nc2ccccc2nc1N1CCOCC1. The topological polar surface area (TPSA) is 104 Å². The molecule has 1 N–H and O–H groups in total. The molecule has 3 heterocycles. The Balaban J connectivity index is 1.69. The minimum Gasteiger partial charge on any atom is -0.467 e. The highest BCUT2D eigenvalue weighted by Gasteiger charge is 2.29. The van der Waals surface area contributed by atoms with Gasteiger partial charge >= 0.3 is 0 Å². The third-order valence-electron chi connectivity index (χ3n) is 4.57. The molecule has 142 valence electrons. The zero-order valence-corrected chi connectivity index (χ0v) is 15.2. The van der Waals surface area contributed by atoms with Gasteiger partial charge in [0.25, 0.3) is 0 Å². The maximum absolute atomic E-state index is 12.8. The molecule has 4 rings (SSSR count). The van der Waals surface area contributed by atoms with E-state index < -0.39 is 11.8 Å². The van der Waals surface area contributed by atoms with Crippen LogP contribution >= 0.6 is 0 Å². The molecule has 0 bridgehead atoms. The molecule has 28 heavy (non-hydrogen) atoms. The highest BCUT2D eigenvalue weighted by Crippen LogP contribution is 2.28. The predicted octanol–water partition coefficient (Wildman–Crippen LogP) is 1.98. The second-order valence-corrected chi connectivity index (χ2v) is 6.38. The van der Waals surface area contributed by atoms with Gasteiger partial charge in [0.1, 0.15) is 11.5 Å². The van der Waals surface area contributed by atoms with Crippen LogP contribution in [0.4, 0.5) is 5.82 Å². The van der Waals surface area contributed by atoms with Gasteiger partial charge in [-0.1, -0.05) is 12.1 Å². The van der Waals surface area contributed by atoms with E-state index in [1.807, 2.05) is 29.2 Å². The first-order valence-electron chi connectivity index (χ1n) is 9.05. The predicted molar refractivity (Wildman–Crippen MR) is 101 cm³/mol. The largest absolute Gasteiger partial charge is 0.467 e. The molecule has 1 aliphatic heterocycles. The van der Waals surface area contributed by atoms with E-state index >= 15 is 0 Å². The van der Waals surface area contributed by atoms with Gasteiger partial charge in [0, 0.05) is 13.1 Å². The number of carbonyl (C=O) groups excluding carboxylic acids is 1. The first-order chi connectivity index (χ1) is 13.8. The number of nitriles is 1. The van der Waals surface area contributed by atoms with Crippen molar-refractivity contribution >= 4 is 22.8 Å². The Hall–Kier alpha value is -3.44. The molecule has 0 unspecified atom stereocenters. The molecule has 1 aromatic carbocycles. The number of morpholine rings is 1. The van der Waals surface area contributed by atoms with Gasteiger partial charge in [-0.15, -0.1) is 0 Å². The minimum absolute atomic E-state index is 0.206. The molecule has 1 saturated heterocycles. The van der Waals surface area contributed by atoms with Gasteiger partial charge in [0.15, 0.2) is 11.7 Å². The smallest absolute Gasteiger partial charge is 0.244 e. The minimum atomic E-state index is -1.08. The van der Waals surface area contributed by atoms with Crippen molar-refractivity contribution in [3.63, 3.8) is 0 Å². The first kappa shape index (κ1) is 17.9. The van der Waals surface area contributed by atoms with E-state index in [0.29, 0.717) is 49.1 Å². The van der Waals surface area contributed by atoms with Crippen LogP contribution in [0.3, 0.4) is 0 Å². The number of aromatic nitrogens is 2. The van der Waals surface area contributed by atoms with Crippen LogP contribution in [0.2, 0.25) is 0 Å². The third-order valence-corrected chi connectivity index (χ3v) is 4.57. The summed E-state index contributed by atoms with van der Waals surface area (Å²) >= 11 is 0. The second-order valence-electron chi connectivity index (χ2n) is 6.38. The lowest BCUT2D eigenvalue weighted by Gasteiger charge is -2.29. The summed E-state index contributed by atoms with van der Waals surface area (Å²) in [5.41, 5.74) is 1.73. The van der Waals surface area contributed by atoms with E-state index in [1.165, 1.54) is 6.26 Å². The van der Waals surface area contributed by atoms with Crippen LogP contribution in [0, 0.1) is 11.3 Å². The molecule has 1 fully saturated rings. The molecule has 1 amide bonds. The number of rotatable bonds is 5. The standard InChI is InChI=1S/C20H19N5O3/c21-12-15(20(26)22-13-14-4-3-9-28-14)18-19(25-7-10-27-11-8-25)24-17-6-2-1-5-16(17)23-18/h1-6,9,15H,7-8,10-11,13H2,(H,22,26)/t15-/m1/s1. The third kappa shape index (κ3) is 3.66. The lowest BCUT2D eigenvalue weighted by molar-refractivity contribution is -0.121. The fourth-order valence-corrected chi connectivity index (χ4v) is 3.14. The normalized spacial score (nSPS) is 15.2. The number of nitrogens with one attached hydrogen (secondary N) is 1. The molecule has 0 aliphatic carbocycles. The number of furan rings is 1. The highest BCUT2D eigenvalue weighted by molar-refractivity contribution is 5.88. The fourth-order valence-electron chi connectivity index (χ4n) is 3.14. The number of hydrogen-bond acceptors (Lipinski definition) is 7. The van der Waals surface area contributed by atoms with E-state index in [1.54, 1.807) is 12.1 Å². The molecule has 8 nitrogen and oxygen atoms in total. The number of fused-ring (bicyclic) bond motifs is 1. The molecular weight excluding hydrogens is 358 g/mol. The van der Waals surface area contributed by atoms with Crippen molar-refractivity contribution in [1.82, 2.24) is 15.3 Å². The maximum atomic E-state index is 12.8. The molecule has 1 aliphatic rings.